The van der Waals surface area contributed by atoms with Crippen LogP contribution >= 0.6 is 0 Å². The maximum Gasteiger partial charge on any atom is 0.270 e. The Balaban J connectivity index is 1.79. The maximum absolute atomic E-state index is 10.8. The van der Waals surface area contributed by atoms with E-state index in [2.05, 4.69) is 15.1 Å². The predicted octanol–water partition coefficient (Wildman–Crippen LogP) is 2.01. The molecular formula is C15H16N4O3. The van der Waals surface area contributed by atoms with Gasteiger partial charge in [0, 0.05) is 30.8 Å². The van der Waals surface area contributed by atoms with Crippen molar-refractivity contribution >= 4 is 11.5 Å². The van der Waals surface area contributed by atoms with E-state index in [0.717, 1.165) is 31.7 Å². The summed E-state index contributed by atoms with van der Waals surface area (Å²) in [6.07, 6.45) is 1.23. The predicted molar refractivity (Wildman–Crippen MR) is 81.6 cm³/mol. The topological polar surface area (TPSA) is 92.4 Å². The molecule has 0 spiro atoms. The Morgan fingerprint density at radius 1 is 1.18 bits per heavy atom. The van der Waals surface area contributed by atoms with Gasteiger partial charge in [0.25, 0.3) is 5.69 Å². The summed E-state index contributed by atoms with van der Waals surface area (Å²) in [5.41, 5.74) is 1.31. The maximum atomic E-state index is 10.8. The molecule has 0 amide bonds. The molecule has 7 nitrogen and oxygen atoms in total. The van der Waals surface area contributed by atoms with Crippen molar-refractivity contribution in [1.82, 2.24) is 10.2 Å². The second-order valence-electron chi connectivity index (χ2n) is 5.30. The van der Waals surface area contributed by atoms with Gasteiger partial charge in [0.2, 0.25) is 0 Å². The summed E-state index contributed by atoms with van der Waals surface area (Å²) >= 11 is 0. The Kier molecular flexibility index (Phi) is 3.97. The quantitative estimate of drug-likeness (QED) is 0.688. The first-order chi connectivity index (χ1) is 10.6. The van der Waals surface area contributed by atoms with Gasteiger partial charge in [-0.3, -0.25) is 10.1 Å². The van der Waals surface area contributed by atoms with Crippen LogP contribution in [-0.4, -0.2) is 39.4 Å². The Morgan fingerprint density at radius 3 is 2.59 bits per heavy atom. The van der Waals surface area contributed by atoms with Crippen LogP contribution in [0.2, 0.25) is 0 Å². The number of aromatic nitrogens is 2. The van der Waals surface area contributed by atoms with E-state index in [4.69, 9.17) is 0 Å². The lowest BCUT2D eigenvalue weighted by Crippen LogP contribution is -2.36. The number of rotatable bonds is 3. The van der Waals surface area contributed by atoms with E-state index in [1.165, 1.54) is 12.1 Å². The van der Waals surface area contributed by atoms with Crippen LogP contribution in [0.3, 0.4) is 0 Å². The zero-order valence-electron chi connectivity index (χ0n) is 11.9. The van der Waals surface area contributed by atoms with Crippen molar-refractivity contribution in [2.75, 3.05) is 18.0 Å². The minimum atomic E-state index is -0.426. The fourth-order valence-corrected chi connectivity index (χ4v) is 2.52. The first-order valence-electron chi connectivity index (χ1n) is 7.15. The highest BCUT2D eigenvalue weighted by atomic mass is 16.6. The van der Waals surface area contributed by atoms with Gasteiger partial charge in [-0.25, -0.2) is 0 Å². The van der Waals surface area contributed by atoms with Crippen molar-refractivity contribution in [2.24, 2.45) is 0 Å². The number of anilines is 1. The summed E-state index contributed by atoms with van der Waals surface area (Å²) in [5, 5.41) is 28.7. The lowest BCUT2D eigenvalue weighted by Gasteiger charge is -2.30. The molecule has 1 fully saturated rings. The average molecular weight is 300 g/mol. The third-order valence-corrected chi connectivity index (χ3v) is 3.79. The van der Waals surface area contributed by atoms with E-state index >= 15 is 0 Å². The largest absolute Gasteiger partial charge is 0.393 e. The van der Waals surface area contributed by atoms with E-state index in [0.29, 0.717) is 11.3 Å². The molecule has 0 saturated carbocycles. The highest BCUT2D eigenvalue weighted by molar-refractivity contribution is 5.62. The molecule has 1 aliphatic rings. The summed E-state index contributed by atoms with van der Waals surface area (Å²) in [7, 11) is 0. The number of hydrogen-bond donors (Lipinski definition) is 1. The van der Waals surface area contributed by atoms with Crippen LogP contribution in [0.5, 0.6) is 0 Å². The molecule has 0 aliphatic carbocycles. The molecule has 7 heteroatoms. The van der Waals surface area contributed by atoms with Gasteiger partial charge < -0.3 is 10.0 Å². The van der Waals surface area contributed by atoms with E-state index in [-0.39, 0.29) is 11.8 Å². The highest BCUT2D eigenvalue weighted by Gasteiger charge is 2.18. The number of non-ortho nitro benzene ring substituents is 1. The first-order valence-corrected chi connectivity index (χ1v) is 7.15. The van der Waals surface area contributed by atoms with Crippen LogP contribution in [-0.2, 0) is 0 Å². The van der Waals surface area contributed by atoms with Gasteiger partial charge in [-0.05, 0) is 25.0 Å². The van der Waals surface area contributed by atoms with Crippen LogP contribution in [0.4, 0.5) is 11.5 Å². The number of aliphatic hydroxyl groups is 1. The lowest BCUT2D eigenvalue weighted by atomic mass is 10.1. The smallest absolute Gasteiger partial charge is 0.270 e. The van der Waals surface area contributed by atoms with Crippen LogP contribution in [0, 0.1) is 10.1 Å². The molecule has 2 aromatic rings. The van der Waals surface area contributed by atoms with Gasteiger partial charge in [-0.2, -0.15) is 0 Å². The van der Waals surface area contributed by atoms with Crippen LogP contribution in [0.25, 0.3) is 11.3 Å². The third-order valence-electron chi connectivity index (χ3n) is 3.79. The number of nitro benzene ring substituents is 1. The molecule has 1 saturated heterocycles. The number of benzene rings is 1. The van der Waals surface area contributed by atoms with E-state index in [9.17, 15) is 15.2 Å². The van der Waals surface area contributed by atoms with E-state index < -0.39 is 4.92 Å². The Bertz CT molecular complexity index is 667. The molecule has 1 aromatic heterocycles. The van der Waals surface area contributed by atoms with Crippen molar-refractivity contribution in [2.45, 2.75) is 18.9 Å². The summed E-state index contributed by atoms with van der Waals surface area (Å²) in [4.78, 5) is 12.5. The molecule has 0 unspecified atom stereocenters. The van der Waals surface area contributed by atoms with Crippen LogP contribution in [0.15, 0.2) is 36.4 Å². The number of hydrogen-bond acceptors (Lipinski definition) is 6. The van der Waals surface area contributed by atoms with Gasteiger partial charge in [-0.1, -0.05) is 12.1 Å². The number of piperidine rings is 1. The van der Waals surface area contributed by atoms with Crippen molar-refractivity contribution in [3.63, 3.8) is 0 Å². The van der Waals surface area contributed by atoms with Crippen molar-refractivity contribution in [3.8, 4) is 11.3 Å². The molecule has 2 heterocycles. The monoisotopic (exact) mass is 300 g/mol. The van der Waals surface area contributed by atoms with Crippen LogP contribution < -0.4 is 4.90 Å². The standard InChI is InChI=1S/C15H16N4O3/c20-13-6-8-18(9-7-13)15-5-4-14(16-17-15)11-2-1-3-12(10-11)19(21)22/h1-5,10,13,20H,6-9H2. The average Bonchev–Trinajstić information content (AvgIpc) is 2.56. The Labute approximate surface area is 127 Å². The van der Waals surface area contributed by atoms with Gasteiger partial charge in [-0.15, -0.1) is 10.2 Å². The molecule has 1 aromatic carbocycles. The molecule has 22 heavy (non-hydrogen) atoms. The Morgan fingerprint density at radius 2 is 1.95 bits per heavy atom. The number of nitrogens with zero attached hydrogens (tertiary/aromatic N) is 4. The van der Waals surface area contributed by atoms with Gasteiger partial charge in [0.05, 0.1) is 16.7 Å². The molecule has 114 valence electrons. The number of aliphatic hydroxyl groups excluding tert-OH is 1. The van der Waals surface area contributed by atoms with Gasteiger partial charge in [0.1, 0.15) is 0 Å². The fourth-order valence-electron chi connectivity index (χ4n) is 2.52. The summed E-state index contributed by atoms with van der Waals surface area (Å²) in [6, 6.07) is 10.0. The SMILES string of the molecule is O=[N+]([O-])c1cccc(-c2ccc(N3CCC(O)CC3)nn2)c1. The second-order valence-corrected chi connectivity index (χ2v) is 5.30. The zero-order chi connectivity index (χ0) is 15.5. The van der Waals surface area contributed by atoms with Gasteiger partial charge >= 0.3 is 0 Å². The van der Waals surface area contributed by atoms with Crippen molar-refractivity contribution in [3.05, 3.63) is 46.5 Å². The normalized spacial score (nSPS) is 15.8. The van der Waals surface area contributed by atoms with E-state index in [1.54, 1.807) is 12.1 Å². The fraction of sp³-hybridized carbons (Fsp3) is 0.333. The highest BCUT2D eigenvalue weighted by Crippen LogP contribution is 2.23. The summed E-state index contributed by atoms with van der Waals surface area (Å²) < 4.78 is 0. The summed E-state index contributed by atoms with van der Waals surface area (Å²) in [6.45, 7) is 1.51. The van der Waals surface area contributed by atoms with Crippen molar-refractivity contribution in [1.29, 1.82) is 0 Å². The summed E-state index contributed by atoms with van der Waals surface area (Å²) in [5.74, 6) is 0.765. The van der Waals surface area contributed by atoms with E-state index in [1.807, 2.05) is 12.1 Å². The molecule has 0 atom stereocenters. The number of nitro groups is 1. The molecular weight excluding hydrogens is 284 g/mol. The minimum Gasteiger partial charge on any atom is -0.393 e. The lowest BCUT2D eigenvalue weighted by molar-refractivity contribution is -0.384. The minimum absolute atomic E-state index is 0.0356. The van der Waals surface area contributed by atoms with Crippen molar-refractivity contribution < 1.29 is 10.0 Å². The third kappa shape index (κ3) is 3.04. The first kappa shape index (κ1) is 14.4. The van der Waals surface area contributed by atoms with Gasteiger partial charge in [0.15, 0.2) is 5.82 Å². The zero-order valence-corrected chi connectivity index (χ0v) is 11.9. The molecule has 1 N–H and O–H groups in total. The molecule has 0 radical (unpaired) electrons. The second kappa shape index (κ2) is 6.07. The van der Waals surface area contributed by atoms with Crippen LogP contribution in [0.1, 0.15) is 12.8 Å². The Hall–Kier alpha value is -2.54. The molecule has 1 aliphatic heterocycles. The molecule has 0 bridgehead atoms. The molecule has 3 rings (SSSR count).